The first-order valence-corrected chi connectivity index (χ1v) is 26.4. The summed E-state index contributed by atoms with van der Waals surface area (Å²) in [4.78, 5) is 75.9. The number of cyclic esters (lactones) is 2. The number of amides is 2. The Morgan fingerprint density at radius 2 is 1.15 bits per heavy atom. The van der Waals surface area contributed by atoms with Crippen molar-refractivity contribution in [2.45, 2.75) is 56.1 Å². The number of halogens is 9. The van der Waals surface area contributed by atoms with Crippen LogP contribution < -0.4 is 35.6 Å². The first kappa shape index (κ1) is 58.9. The molecule has 0 aliphatic carbocycles. The van der Waals surface area contributed by atoms with Gasteiger partial charge in [0.15, 0.2) is 34.2 Å². The summed E-state index contributed by atoms with van der Waals surface area (Å²) in [5.41, 5.74) is -0.530. The zero-order valence-electron chi connectivity index (χ0n) is 43.9. The molecule has 85 heavy (non-hydrogen) atoms. The molecule has 2 amide bonds. The van der Waals surface area contributed by atoms with Crippen molar-refractivity contribution in [2.75, 3.05) is 14.2 Å². The lowest BCUT2D eigenvalue weighted by Crippen LogP contribution is -2.33. The van der Waals surface area contributed by atoms with E-state index >= 15 is 0 Å². The predicted molar refractivity (Wildman–Crippen MR) is 293 cm³/mol. The van der Waals surface area contributed by atoms with Crippen LogP contribution in [0.3, 0.4) is 0 Å². The van der Waals surface area contributed by atoms with E-state index in [1.807, 2.05) is 0 Å². The van der Waals surface area contributed by atoms with Gasteiger partial charge in [-0.3, -0.25) is 24.3 Å². The molecule has 2 aliphatic heterocycles. The highest BCUT2D eigenvalue weighted by atomic mass is 79.9. The number of aromatic amines is 1. The maximum atomic E-state index is 13.9. The highest BCUT2D eigenvalue weighted by molar-refractivity contribution is 9.08. The van der Waals surface area contributed by atoms with Crippen molar-refractivity contribution in [3.63, 3.8) is 0 Å². The van der Waals surface area contributed by atoms with Crippen molar-refractivity contribution in [3.05, 3.63) is 162 Å². The van der Waals surface area contributed by atoms with E-state index in [4.69, 9.17) is 51.2 Å². The number of hydrogen-bond acceptors (Lipinski definition) is 16. The fraction of sp³-hybridized carbons (Fsp3) is 0.200. The number of ketones is 1. The van der Waals surface area contributed by atoms with E-state index in [2.05, 4.69) is 46.0 Å². The first-order valence-electron chi connectivity index (χ1n) is 24.5. The minimum atomic E-state index is -4.98. The molecule has 2 aliphatic rings. The molecule has 12 rings (SSSR count). The van der Waals surface area contributed by atoms with Gasteiger partial charge >= 0.3 is 36.2 Å². The van der Waals surface area contributed by atoms with Crippen molar-refractivity contribution in [1.82, 2.24) is 34.3 Å². The number of methoxy groups -OCH3 is 2. The summed E-state index contributed by atoms with van der Waals surface area (Å²) in [6.45, 7) is 2.75. The van der Waals surface area contributed by atoms with Gasteiger partial charge in [-0.25, -0.2) is 23.5 Å². The van der Waals surface area contributed by atoms with Gasteiger partial charge in [0.2, 0.25) is 5.60 Å². The molecule has 2 saturated heterocycles. The molecule has 10 aromatic rings. The van der Waals surface area contributed by atoms with Crippen molar-refractivity contribution >= 4 is 107 Å². The van der Waals surface area contributed by atoms with Crippen LogP contribution in [0.15, 0.2) is 128 Å². The number of benzene rings is 6. The zero-order valence-corrected chi connectivity index (χ0v) is 47.0. The highest BCUT2D eigenvalue weighted by Gasteiger charge is 2.47. The number of imide groups is 1. The van der Waals surface area contributed by atoms with Gasteiger partial charge in [-0.2, -0.15) is 0 Å². The van der Waals surface area contributed by atoms with Crippen LogP contribution in [0, 0.1) is 0 Å². The molecule has 4 aromatic heterocycles. The molecule has 6 heterocycles. The summed E-state index contributed by atoms with van der Waals surface area (Å²) >= 11 is 15.8. The molecule has 30 heteroatoms. The smallest absolute Gasteiger partial charge is 0.497 e. The van der Waals surface area contributed by atoms with Crippen LogP contribution >= 0.6 is 39.1 Å². The molecule has 0 radical (unpaired) electrons. The van der Waals surface area contributed by atoms with Gasteiger partial charge in [-0.05, 0) is 97.8 Å². The number of aromatic nitrogens is 6. The lowest BCUT2D eigenvalue weighted by atomic mass is 9.91. The van der Waals surface area contributed by atoms with Gasteiger partial charge in [-0.15, -0.1) is 26.3 Å². The van der Waals surface area contributed by atoms with Gasteiger partial charge < -0.3 is 42.5 Å². The number of alkyl halides is 7. The largest absolute Gasteiger partial charge is 0.573 e. The lowest BCUT2D eigenvalue weighted by Gasteiger charge is -2.22. The molecule has 0 unspecified atom stereocenters. The Hall–Kier alpha value is -9.28. The van der Waals surface area contributed by atoms with E-state index in [9.17, 15) is 55.1 Å². The van der Waals surface area contributed by atoms with Gasteiger partial charge in [0.25, 0.3) is 5.91 Å². The Labute approximate surface area is 489 Å². The number of imidazole rings is 2. The zero-order chi connectivity index (χ0) is 61.1. The van der Waals surface area contributed by atoms with Crippen molar-refractivity contribution in [2.24, 2.45) is 0 Å². The highest BCUT2D eigenvalue weighted by Crippen LogP contribution is 2.38. The third-order valence-electron chi connectivity index (χ3n) is 13.5. The Bertz CT molecular complexity index is 4480. The molecule has 21 nitrogen and oxygen atoms in total. The lowest BCUT2D eigenvalue weighted by molar-refractivity contribution is -0.275. The van der Waals surface area contributed by atoms with E-state index in [-0.39, 0.29) is 57.5 Å². The minimum absolute atomic E-state index is 0.0594. The summed E-state index contributed by atoms with van der Waals surface area (Å²) in [5.74, 6) is -1.04. The van der Waals surface area contributed by atoms with Crippen LogP contribution in [0.1, 0.15) is 42.5 Å². The second-order valence-electron chi connectivity index (χ2n) is 18.9. The van der Waals surface area contributed by atoms with E-state index < -0.39 is 64.8 Å². The van der Waals surface area contributed by atoms with Crippen LogP contribution in [-0.2, 0) is 46.9 Å². The molecule has 0 bridgehead atoms. The average molecular weight is 1290 g/mol. The quantitative estimate of drug-likeness (QED) is 0.0528. The number of rotatable bonds is 11. The number of esters is 1. The number of nitrogens with zero attached hydrogens (tertiary/aromatic N) is 5. The molecule has 6 aromatic carbocycles. The SMILES string of the molecule is COc1ccc2c(-n3c(=O)[nH]c4cc(OC(F)(F)F)ccc43)noc2c1.COc1ccc2c(-n3c(=O)n(Cc4cc([C@@]5(C)OC(=O)NC5=O)ccc4Cl)c4cc(OC(F)(F)F)ccc43)noc2c1.C[C@]1(c2ccc(Cl)c(CBr)c2)OC(=O)CC1=O. The van der Waals surface area contributed by atoms with Crippen LogP contribution in [0.25, 0.3) is 55.6 Å². The summed E-state index contributed by atoms with van der Waals surface area (Å²) in [7, 11) is 2.98. The normalized spacial score (nSPS) is 16.9. The maximum absolute atomic E-state index is 13.9. The second kappa shape index (κ2) is 22.4. The second-order valence-corrected chi connectivity index (χ2v) is 20.2. The van der Waals surface area contributed by atoms with Crippen molar-refractivity contribution < 1.29 is 83.0 Å². The Balaban J connectivity index is 0.000000158. The average Bonchev–Trinajstić information content (AvgIpc) is 1.77. The summed E-state index contributed by atoms with van der Waals surface area (Å²) in [6.07, 6.45) is -10.9. The van der Waals surface area contributed by atoms with Crippen LogP contribution in [0.2, 0.25) is 10.0 Å². The van der Waals surface area contributed by atoms with Crippen molar-refractivity contribution in [1.29, 1.82) is 0 Å². The molecule has 440 valence electrons. The van der Waals surface area contributed by atoms with Crippen molar-refractivity contribution in [3.8, 4) is 34.6 Å². The van der Waals surface area contributed by atoms with E-state index in [0.717, 1.165) is 29.8 Å². The predicted octanol–water partition coefficient (Wildman–Crippen LogP) is 11.4. The number of fused-ring (bicyclic) bond motifs is 4. The monoisotopic (exact) mass is 1280 g/mol. The first-order chi connectivity index (χ1) is 40.2. The maximum Gasteiger partial charge on any atom is 0.573 e. The standard InChI is InChI=1S/C27H18ClF3N4O7.C16H10F3N3O4.C12H10BrClO3/c1-26(23(36)32-24(37)41-26)14-3-7-18(28)13(9-14)12-34-20-10-16(40-27(29,30)31)5-8-19(20)35(25(34)38)22-17-6-4-15(39-2)11-21(17)42-33-22;1-24-8-2-4-10-13(7-8)26-21-14(10)22-12-5-3-9(25-16(17,18)19)6-11(12)20-15(22)23;1-12(10(15)5-11(16)17-12)8-2-3-9(14)7(4-8)6-13/h3-11H,12H2,1-2H3,(H,32,36,37);2-7H,1H3,(H,20,23);2-4H,5-6H2,1H3/t26-;;12-/m1.1/s1. The Morgan fingerprint density at radius 1 is 0.624 bits per heavy atom. The molecular formula is C55H38BrCl2F6N7O14. The molecule has 2 atom stereocenters. The number of nitrogens with one attached hydrogen (secondary N) is 2. The minimum Gasteiger partial charge on any atom is -0.497 e. The number of carbonyl (C=O) groups is 4. The van der Waals surface area contributed by atoms with Crippen LogP contribution in [0.4, 0.5) is 31.1 Å². The number of H-pyrrole nitrogens is 1. The number of Topliss-reactive ketones (excluding diaryl/α,β-unsaturated/α-hetero) is 1. The summed E-state index contributed by atoms with van der Waals surface area (Å²) in [5, 5.41) is 12.4. The van der Waals surface area contributed by atoms with E-state index in [1.54, 1.807) is 61.5 Å². The molecule has 2 N–H and O–H groups in total. The number of carbonyl (C=O) groups excluding carboxylic acids is 4. The third-order valence-corrected chi connectivity index (χ3v) is 14.9. The summed E-state index contributed by atoms with van der Waals surface area (Å²) < 4.78 is 119. The number of alkyl carbamates (subject to hydrolysis) is 1. The van der Waals surface area contributed by atoms with E-state index in [1.165, 1.54) is 65.2 Å². The third kappa shape index (κ3) is 11.6. The van der Waals surface area contributed by atoms with E-state index in [0.29, 0.717) is 60.4 Å². The Morgan fingerprint density at radius 3 is 1.68 bits per heavy atom. The van der Waals surface area contributed by atoms with Gasteiger partial charge in [0, 0.05) is 50.8 Å². The molecule has 0 saturated carbocycles. The molecule has 2 fully saturated rings. The molecular weight excluding hydrogens is 1250 g/mol. The van der Waals surface area contributed by atoms with Gasteiger partial charge in [-0.1, -0.05) is 61.6 Å². The topological polar surface area (TPSA) is 252 Å². The number of hydrogen-bond donors (Lipinski definition) is 2. The van der Waals surface area contributed by atoms with Gasteiger partial charge in [0.1, 0.15) is 29.4 Å². The molecule has 0 spiro atoms. The fourth-order valence-corrected chi connectivity index (χ4v) is 10.3. The van der Waals surface area contributed by atoms with Crippen LogP contribution in [-0.4, -0.2) is 79.7 Å². The van der Waals surface area contributed by atoms with Gasteiger partial charge in [0.05, 0.1) is 53.6 Å². The number of ether oxygens (including phenoxy) is 6. The fourth-order valence-electron chi connectivity index (χ4n) is 9.31. The Kier molecular flexibility index (Phi) is 15.5. The van der Waals surface area contributed by atoms with Crippen LogP contribution in [0.5, 0.6) is 23.0 Å². The summed E-state index contributed by atoms with van der Waals surface area (Å²) in [6, 6.07) is 26.4.